The predicted octanol–water partition coefficient (Wildman–Crippen LogP) is 3.59. The van der Waals surface area contributed by atoms with Crippen LogP contribution in [0.15, 0.2) is 42.6 Å². The van der Waals surface area contributed by atoms with Crippen LogP contribution < -0.4 is 5.32 Å². The summed E-state index contributed by atoms with van der Waals surface area (Å²) in [6.45, 7) is 6.57. The average molecular weight is 353 g/mol. The molecule has 0 unspecified atom stereocenters. The molecular formula is C21H27N3O2. The van der Waals surface area contributed by atoms with E-state index in [1.807, 2.05) is 29.2 Å². The second kappa shape index (κ2) is 8.81. The average Bonchev–Trinajstić information content (AvgIpc) is 3.16. The summed E-state index contributed by atoms with van der Waals surface area (Å²) in [4.78, 5) is 19.0. The zero-order valence-corrected chi connectivity index (χ0v) is 15.6. The quantitative estimate of drug-likeness (QED) is 0.863. The zero-order valence-electron chi connectivity index (χ0n) is 15.6. The first-order chi connectivity index (χ1) is 12.6. The Balaban J connectivity index is 1.66. The molecule has 138 valence electrons. The maximum atomic E-state index is 12.8. The molecule has 0 saturated carbocycles. The molecule has 0 aliphatic carbocycles. The van der Waals surface area contributed by atoms with Crippen LogP contribution in [0.2, 0.25) is 0 Å². The lowest BCUT2D eigenvalue weighted by molar-refractivity contribution is 0.0791. The van der Waals surface area contributed by atoms with Gasteiger partial charge in [-0.25, -0.2) is 4.79 Å². The van der Waals surface area contributed by atoms with Crippen LogP contribution in [0.25, 0.3) is 0 Å². The van der Waals surface area contributed by atoms with Crippen molar-refractivity contribution in [1.82, 2.24) is 15.2 Å². The molecule has 3 rings (SSSR count). The lowest BCUT2D eigenvalue weighted by Gasteiger charge is -2.25. The van der Waals surface area contributed by atoms with Crippen molar-refractivity contribution in [2.75, 3.05) is 13.2 Å². The minimum atomic E-state index is -0.0768. The molecule has 1 saturated heterocycles. The van der Waals surface area contributed by atoms with Gasteiger partial charge in [-0.2, -0.15) is 0 Å². The van der Waals surface area contributed by atoms with Gasteiger partial charge in [0.2, 0.25) is 0 Å². The van der Waals surface area contributed by atoms with Crippen LogP contribution >= 0.6 is 0 Å². The number of carbonyl (C=O) groups is 1. The molecule has 26 heavy (non-hydrogen) atoms. The first-order valence-corrected chi connectivity index (χ1v) is 9.23. The summed E-state index contributed by atoms with van der Waals surface area (Å²) in [5.41, 5.74) is 4.49. The minimum absolute atomic E-state index is 0.0768. The number of nitrogens with one attached hydrogen (secondary N) is 1. The van der Waals surface area contributed by atoms with E-state index in [9.17, 15) is 4.79 Å². The van der Waals surface area contributed by atoms with Gasteiger partial charge >= 0.3 is 6.03 Å². The highest BCUT2D eigenvalue weighted by molar-refractivity contribution is 5.74. The van der Waals surface area contributed by atoms with E-state index >= 15 is 0 Å². The van der Waals surface area contributed by atoms with Crippen LogP contribution in [0.3, 0.4) is 0 Å². The molecule has 1 aliphatic heterocycles. The third kappa shape index (κ3) is 4.82. The minimum Gasteiger partial charge on any atom is -0.376 e. The normalized spacial score (nSPS) is 16.5. The van der Waals surface area contributed by atoms with Crippen molar-refractivity contribution in [3.63, 3.8) is 0 Å². The number of urea groups is 1. The Bertz CT molecular complexity index is 727. The maximum Gasteiger partial charge on any atom is 0.318 e. The Labute approximate surface area is 155 Å². The molecule has 2 amide bonds. The van der Waals surface area contributed by atoms with Crippen molar-refractivity contribution < 1.29 is 9.53 Å². The van der Waals surface area contributed by atoms with Gasteiger partial charge in [0.05, 0.1) is 18.3 Å². The number of aryl methyl sites for hydroxylation is 1. The summed E-state index contributed by atoms with van der Waals surface area (Å²) < 4.78 is 5.73. The van der Waals surface area contributed by atoms with Crippen molar-refractivity contribution in [1.29, 1.82) is 0 Å². The number of benzene rings is 1. The van der Waals surface area contributed by atoms with E-state index in [2.05, 4.69) is 36.3 Å². The van der Waals surface area contributed by atoms with E-state index in [4.69, 9.17) is 4.74 Å². The molecule has 1 aromatic carbocycles. The van der Waals surface area contributed by atoms with E-state index in [0.717, 1.165) is 30.7 Å². The smallest absolute Gasteiger partial charge is 0.318 e. The van der Waals surface area contributed by atoms with Gasteiger partial charge in [0.25, 0.3) is 0 Å². The SMILES string of the molecule is Cc1cccc(CNC(=O)N(Cc2ccccn2)C[C@@H]2CCCO2)c1C. The zero-order chi connectivity index (χ0) is 18.4. The second-order valence-electron chi connectivity index (χ2n) is 6.85. The lowest BCUT2D eigenvalue weighted by Crippen LogP contribution is -2.43. The Morgan fingerprint density at radius 1 is 1.27 bits per heavy atom. The first kappa shape index (κ1) is 18.4. The molecule has 0 radical (unpaired) electrons. The first-order valence-electron chi connectivity index (χ1n) is 9.23. The molecule has 1 N–H and O–H groups in total. The molecule has 1 fully saturated rings. The number of nitrogens with zero attached hydrogens (tertiary/aromatic N) is 2. The summed E-state index contributed by atoms with van der Waals surface area (Å²) in [5.74, 6) is 0. The third-order valence-electron chi connectivity index (χ3n) is 4.96. The standard InChI is InChI=1S/C21H27N3O2/c1-16-7-5-8-18(17(16)2)13-23-21(25)24(15-20-10-6-12-26-20)14-19-9-3-4-11-22-19/h3-5,7-9,11,20H,6,10,12-15H2,1-2H3,(H,23,25)/t20-/m0/s1. The van der Waals surface area contributed by atoms with Gasteiger partial charge in [-0.1, -0.05) is 24.3 Å². The number of rotatable bonds is 6. The van der Waals surface area contributed by atoms with Crippen molar-refractivity contribution in [3.05, 3.63) is 65.0 Å². The summed E-state index contributed by atoms with van der Waals surface area (Å²) in [6.07, 6.45) is 3.94. The molecule has 2 heterocycles. The topological polar surface area (TPSA) is 54.5 Å². The molecule has 5 heteroatoms. The summed E-state index contributed by atoms with van der Waals surface area (Å²) >= 11 is 0. The second-order valence-corrected chi connectivity index (χ2v) is 6.85. The number of hydrogen-bond donors (Lipinski definition) is 1. The van der Waals surface area contributed by atoms with Crippen molar-refractivity contribution in [2.45, 2.75) is 45.9 Å². The van der Waals surface area contributed by atoms with Crippen molar-refractivity contribution in [2.24, 2.45) is 0 Å². The predicted molar refractivity (Wildman–Crippen MR) is 102 cm³/mol. The van der Waals surface area contributed by atoms with Crippen LogP contribution in [0.1, 0.15) is 35.2 Å². The van der Waals surface area contributed by atoms with Crippen molar-refractivity contribution in [3.8, 4) is 0 Å². The van der Waals surface area contributed by atoms with Crippen LogP contribution in [0.5, 0.6) is 0 Å². The Kier molecular flexibility index (Phi) is 6.23. The molecule has 1 atom stereocenters. The van der Waals surface area contributed by atoms with E-state index in [-0.39, 0.29) is 12.1 Å². The lowest BCUT2D eigenvalue weighted by atomic mass is 10.0. The number of hydrogen-bond acceptors (Lipinski definition) is 3. The van der Waals surface area contributed by atoms with Crippen LogP contribution in [0.4, 0.5) is 4.79 Å². The van der Waals surface area contributed by atoms with Gasteiger partial charge in [0.1, 0.15) is 0 Å². The van der Waals surface area contributed by atoms with Gasteiger partial charge in [0, 0.05) is 25.9 Å². The third-order valence-corrected chi connectivity index (χ3v) is 4.96. The molecule has 1 aliphatic rings. The fourth-order valence-corrected chi connectivity index (χ4v) is 3.23. The van der Waals surface area contributed by atoms with Gasteiger partial charge in [-0.05, 0) is 55.5 Å². The van der Waals surface area contributed by atoms with E-state index in [1.54, 1.807) is 6.20 Å². The highest BCUT2D eigenvalue weighted by atomic mass is 16.5. The highest BCUT2D eigenvalue weighted by Gasteiger charge is 2.23. The summed E-state index contributed by atoms with van der Waals surface area (Å²) in [5, 5.41) is 3.06. The van der Waals surface area contributed by atoms with Gasteiger partial charge in [-0.3, -0.25) is 4.98 Å². The molecule has 0 spiro atoms. The monoisotopic (exact) mass is 353 g/mol. The Morgan fingerprint density at radius 2 is 2.15 bits per heavy atom. The number of pyridine rings is 1. The van der Waals surface area contributed by atoms with Gasteiger partial charge in [0.15, 0.2) is 0 Å². The van der Waals surface area contributed by atoms with Crippen LogP contribution in [-0.4, -0.2) is 35.2 Å². The van der Waals surface area contributed by atoms with Crippen LogP contribution in [-0.2, 0) is 17.8 Å². The Hall–Kier alpha value is -2.40. The van der Waals surface area contributed by atoms with E-state index in [0.29, 0.717) is 19.6 Å². The molecule has 5 nitrogen and oxygen atoms in total. The molecule has 0 bridgehead atoms. The van der Waals surface area contributed by atoms with Gasteiger partial charge < -0.3 is 15.0 Å². The fourth-order valence-electron chi connectivity index (χ4n) is 3.23. The largest absolute Gasteiger partial charge is 0.376 e. The van der Waals surface area contributed by atoms with E-state index in [1.165, 1.54) is 11.1 Å². The van der Waals surface area contributed by atoms with Crippen LogP contribution in [0, 0.1) is 13.8 Å². The fraction of sp³-hybridized carbons (Fsp3) is 0.429. The number of carbonyl (C=O) groups excluding carboxylic acids is 1. The molecular weight excluding hydrogens is 326 g/mol. The maximum absolute atomic E-state index is 12.8. The number of aromatic nitrogens is 1. The van der Waals surface area contributed by atoms with E-state index < -0.39 is 0 Å². The number of amides is 2. The number of ether oxygens (including phenoxy) is 1. The Morgan fingerprint density at radius 3 is 2.88 bits per heavy atom. The summed E-state index contributed by atoms with van der Waals surface area (Å²) in [7, 11) is 0. The highest BCUT2D eigenvalue weighted by Crippen LogP contribution is 2.16. The summed E-state index contributed by atoms with van der Waals surface area (Å²) in [6, 6.07) is 11.9. The van der Waals surface area contributed by atoms with Crippen molar-refractivity contribution >= 4 is 6.03 Å². The van der Waals surface area contributed by atoms with Gasteiger partial charge in [-0.15, -0.1) is 0 Å². The molecule has 2 aromatic rings. The molecule has 1 aromatic heterocycles.